The Bertz CT molecular complexity index is 2000. The Hall–Kier alpha value is -5.11. The van der Waals surface area contributed by atoms with Crippen molar-refractivity contribution in [1.29, 1.82) is 0 Å². The summed E-state index contributed by atoms with van der Waals surface area (Å²) in [4.78, 5) is 35.2. The molecule has 0 unspecified atom stereocenters. The number of hydrogen-bond acceptors (Lipinski definition) is 10. The van der Waals surface area contributed by atoms with Gasteiger partial charge in [-0.25, -0.2) is 23.8 Å². The van der Waals surface area contributed by atoms with Crippen LogP contribution in [0.1, 0.15) is 43.7 Å². The van der Waals surface area contributed by atoms with Gasteiger partial charge < -0.3 is 20.3 Å². The van der Waals surface area contributed by atoms with Gasteiger partial charge in [-0.2, -0.15) is 0 Å². The zero-order valence-corrected chi connectivity index (χ0v) is 30.5. The lowest BCUT2D eigenvalue weighted by Crippen LogP contribution is -2.53. The Kier molecular flexibility index (Phi) is 10.4. The Morgan fingerprint density at radius 3 is 2.33 bits per heavy atom. The van der Waals surface area contributed by atoms with E-state index in [0.29, 0.717) is 64.5 Å². The molecule has 11 nitrogen and oxygen atoms in total. The molecule has 4 aliphatic rings. The third kappa shape index (κ3) is 7.61. The van der Waals surface area contributed by atoms with Gasteiger partial charge >= 0.3 is 0 Å². The minimum atomic E-state index is -0.479. The van der Waals surface area contributed by atoms with Crippen molar-refractivity contribution in [2.45, 2.75) is 50.2 Å². The lowest BCUT2D eigenvalue weighted by molar-refractivity contribution is -0.111. The van der Waals surface area contributed by atoms with Crippen molar-refractivity contribution in [2.75, 3.05) is 73.6 Å². The third-order valence-electron chi connectivity index (χ3n) is 11.1. The summed E-state index contributed by atoms with van der Waals surface area (Å²) in [6.07, 6.45) is 7.99. The van der Waals surface area contributed by atoms with E-state index in [9.17, 15) is 9.18 Å². The molecule has 8 rings (SSSR count). The minimum Gasteiger partial charge on any atom is -0.494 e. The van der Waals surface area contributed by atoms with Gasteiger partial charge in [-0.15, -0.1) is 0 Å². The fourth-order valence-electron chi connectivity index (χ4n) is 8.10. The van der Waals surface area contributed by atoms with E-state index in [1.807, 2.05) is 12.1 Å². The molecule has 0 radical (unpaired) electrons. The van der Waals surface area contributed by atoms with Crippen LogP contribution in [0.5, 0.6) is 5.75 Å². The number of carbonyl (C=O) groups excluding carboxylic acids is 1. The summed E-state index contributed by atoms with van der Waals surface area (Å²) in [6, 6.07) is 17.4. The molecular formula is C41H46F2N8O3. The number of hydrogen-bond donors (Lipinski definition) is 2. The molecule has 1 saturated carbocycles. The molecule has 1 atom stereocenters. The number of anilines is 5. The molecule has 3 saturated heterocycles. The van der Waals surface area contributed by atoms with E-state index in [0.717, 1.165) is 63.8 Å². The quantitative estimate of drug-likeness (QED) is 0.158. The van der Waals surface area contributed by atoms with Crippen LogP contribution >= 0.6 is 0 Å². The molecule has 2 N–H and O–H groups in total. The topological polar surface area (TPSA) is 98.3 Å². The molecule has 0 bridgehead atoms. The number of nitrogens with zero attached hydrogens (tertiary/aromatic N) is 6. The predicted octanol–water partition coefficient (Wildman–Crippen LogP) is 6.93. The van der Waals surface area contributed by atoms with E-state index in [4.69, 9.17) is 9.57 Å². The summed E-state index contributed by atoms with van der Waals surface area (Å²) in [6.45, 7) is 10.3. The standard InChI is InChI=1S/C41H46F2N8O3/c1-3-40(52)47-33-23-34(37(53-2)24-36(33)50-15-12-30(13-16-50)49-19-17-48(18-20-49)29-10-11-29)46-38-25-39(45-26-44-38)51-35(14-21-54-51)32-9-5-8-31(41(32)43)27-6-4-7-28(42)22-27/h3-9,22-26,29-30,35H,1,10-21H2,2H3,(H,47,52)(H,44,45,46)/t35-/m0/s1. The Morgan fingerprint density at radius 1 is 0.889 bits per heavy atom. The van der Waals surface area contributed by atoms with Crippen molar-refractivity contribution in [3.63, 3.8) is 0 Å². The van der Waals surface area contributed by atoms with Crippen molar-refractivity contribution in [2.24, 2.45) is 0 Å². The van der Waals surface area contributed by atoms with Crippen LogP contribution in [0.25, 0.3) is 11.1 Å². The largest absolute Gasteiger partial charge is 0.494 e. The molecule has 13 heteroatoms. The molecule has 3 aromatic carbocycles. The zero-order valence-electron chi connectivity index (χ0n) is 30.5. The van der Waals surface area contributed by atoms with Gasteiger partial charge in [0.15, 0.2) is 5.82 Å². The number of rotatable bonds is 11. The summed E-state index contributed by atoms with van der Waals surface area (Å²) in [7, 11) is 1.61. The summed E-state index contributed by atoms with van der Waals surface area (Å²) in [5.74, 6) is 0.262. The van der Waals surface area contributed by atoms with Crippen molar-refractivity contribution in [3.8, 4) is 16.9 Å². The smallest absolute Gasteiger partial charge is 0.247 e. The molecule has 1 aromatic heterocycles. The number of benzene rings is 3. The number of piperazine rings is 1. The maximum atomic E-state index is 16.0. The monoisotopic (exact) mass is 736 g/mol. The molecular weight excluding hydrogens is 690 g/mol. The van der Waals surface area contributed by atoms with Crippen LogP contribution in [0, 0.1) is 11.6 Å². The fraction of sp³-hybridized carbons (Fsp3) is 0.390. The van der Waals surface area contributed by atoms with Gasteiger partial charge in [-0.3, -0.25) is 19.4 Å². The first-order chi connectivity index (χ1) is 26.4. The van der Waals surface area contributed by atoms with Crippen LogP contribution in [-0.4, -0.2) is 90.7 Å². The summed E-state index contributed by atoms with van der Waals surface area (Å²) in [5, 5.41) is 7.94. The average molecular weight is 737 g/mol. The summed E-state index contributed by atoms with van der Waals surface area (Å²) in [5.41, 5.74) is 3.28. The van der Waals surface area contributed by atoms with E-state index in [1.165, 1.54) is 37.4 Å². The molecule has 1 amide bonds. The number of aromatic nitrogens is 2. The van der Waals surface area contributed by atoms with Crippen LogP contribution in [0.15, 0.2) is 79.6 Å². The lowest BCUT2D eigenvalue weighted by atomic mass is 9.97. The highest BCUT2D eigenvalue weighted by molar-refractivity contribution is 6.02. The second-order valence-corrected chi connectivity index (χ2v) is 14.4. The van der Waals surface area contributed by atoms with Crippen LogP contribution in [0.2, 0.25) is 0 Å². The number of piperidine rings is 1. The van der Waals surface area contributed by atoms with E-state index >= 15 is 4.39 Å². The SMILES string of the molecule is C=CC(=O)Nc1cc(Nc2cc(N3OCC[C@H]3c3cccc(-c4cccc(F)c4)c3F)ncn2)c(OC)cc1N1CCC(N2CCN(C3CC3)CC2)CC1. The first-order valence-electron chi connectivity index (χ1n) is 18.8. The van der Waals surface area contributed by atoms with Gasteiger partial charge in [-0.05, 0) is 55.5 Å². The maximum Gasteiger partial charge on any atom is 0.247 e. The minimum absolute atomic E-state index is 0.311. The van der Waals surface area contributed by atoms with Crippen LogP contribution in [-0.2, 0) is 9.63 Å². The Balaban J connectivity index is 1.00. The zero-order chi connectivity index (χ0) is 37.2. The van der Waals surface area contributed by atoms with Crippen molar-refractivity contribution in [3.05, 3.63) is 96.8 Å². The summed E-state index contributed by atoms with van der Waals surface area (Å²) < 4.78 is 35.9. The number of hydroxylamine groups is 1. The van der Waals surface area contributed by atoms with Gasteiger partial charge in [-0.1, -0.05) is 36.9 Å². The predicted molar refractivity (Wildman–Crippen MR) is 206 cm³/mol. The highest BCUT2D eigenvalue weighted by Crippen LogP contribution is 2.42. The molecule has 4 fully saturated rings. The van der Waals surface area contributed by atoms with Gasteiger partial charge in [0.25, 0.3) is 0 Å². The highest BCUT2D eigenvalue weighted by Gasteiger charge is 2.35. The summed E-state index contributed by atoms with van der Waals surface area (Å²) >= 11 is 0. The number of halogens is 2. The lowest BCUT2D eigenvalue weighted by Gasteiger charge is -2.43. The van der Waals surface area contributed by atoms with Crippen LogP contribution in [0.4, 0.5) is 37.5 Å². The maximum absolute atomic E-state index is 16.0. The normalized spacial score (nSPS) is 19.9. The molecule has 3 aliphatic heterocycles. The number of ether oxygens (including phenoxy) is 1. The van der Waals surface area contributed by atoms with Crippen molar-refractivity contribution < 1.29 is 23.1 Å². The first-order valence-corrected chi connectivity index (χ1v) is 18.8. The molecule has 4 heterocycles. The van der Waals surface area contributed by atoms with E-state index in [1.54, 1.807) is 48.6 Å². The van der Waals surface area contributed by atoms with Crippen LogP contribution in [0.3, 0.4) is 0 Å². The van der Waals surface area contributed by atoms with Gasteiger partial charge in [0, 0.05) is 81.0 Å². The van der Waals surface area contributed by atoms with Crippen molar-refractivity contribution in [1.82, 2.24) is 19.8 Å². The van der Waals surface area contributed by atoms with E-state index < -0.39 is 17.7 Å². The molecule has 0 spiro atoms. The number of carbonyl (C=O) groups is 1. The van der Waals surface area contributed by atoms with Gasteiger partial charge in [0.05, 0.1) is 36.8 Å². The van der Waals surface area contributed by atoms with E-state index in [-0.39, 0.29) is 5.91 Å². The molecule has 54 heavy (non-hydrogen) atoms. The Morgan fingerprint density at radius 2 is 1.63 bits per heavy atom. The van der Waals surface area contributed by atoms with Gasteiger partial charge in [0.1, 0.15) is 29.5 Å². The first kappa shape index (κ1) is 35.9. The average Bonchev–Trinajstić information content (AvgIpc) is 3.94. The van der Waals surface area contributed by atoms with Crippen molar-refractivity contribution >= 4 is 34.6 Å². The molecule has 282 valence electrons. The number of nitrogens with one attached hydrogen (secondary N) is 2. The van der Waals surface area contributed by atoms with Crippen LogP contribution < -0.4 is 25.3 Å². The Labute approximate surface area is 314 Å². The number of amides is 1. The number of methoxy groups -OCH3 is 1. The van der Waals surface area contributed by atoms with E-state index in [2.05, 4.69) is 41.9 Å². The second-order valence-electron chi connectivity index (χ2n) is 14.4. The highest BCUT2D eigenvalue weighted by atomic mass is 19.1. The second kappa shape index (κ2) is 15.7. The third-order valence-corrected chi connectivity index (χ3v) is 11.1. The molecule has 1 aliphatic carbocycles. The van der Waals surface area contributed by atoms with Gasteiger partial charge in [0.2, 0.25) is 5.91 Å². The molecule has 4 aromatic rings. The fourth-order valence-corrected chi connectivity index (χ4v) is 8.10.